The molecule has 0 spiro atoms. The number of amides is 1. The van der Waals surface area contributed by atoms with E-state index in [4.69, 9.17) is 9.84 Å². The molecule has 2 aromatic carbocycles. The van der Waals surface area contributed by atoms with Gasteiger partial charge < -0.3 is 14.7 Å². The molecule has 2 rings (SSSR count). The lowest BCUT2D eigenvalue weighted by Gasteiger charge is -2.21. The van der Waals surface area contributed by atoms with Gasteiger partial charge in [0.15, 0.2) is 0 Å². The molecule has 1 amide bonds. The normalized spacial score (nSPS) is 10.3. The number of hydrogen-bond acceptors (Lipinski definition) is 3. The number of carbonyl (C=O) groups is 2. The fraction of sp³-hybridized carbons (Fsp3) is 0.300. The third kappa shape index (κ3) is 5.35. The molecule has 0 unspecified atom stereocenters. The second kappa shape index (κ2) is 8.87. The molecule has 0 saturated carbocycles. The van der Waals surface area contributed by atoms with Crippen molar-refractivity contribution in [3.05, 3.63) is 65.2 Å². The number of ether oxygens (including phenoxy) is 1. The number of carboxylic acids is 1. The fourth-order valence-electron chi connectivity index (χ4n) is 2.55. The molecule has 0 fully saturated rings. The molecule has 0 bridgehead atoms. The minimum atomic E-state index is -0.945. The van der Waals surface area contributed by atoms with E-state index in [0.717, 1.165) is 16.9 Å². The molecule has 5 heteroatoms. The largest absolute Gasteiger partial charge is 0.497 e. The van der Waals surface area contributed by atoms with Gasteiger partial charge >= 0.3 is 5.97 Å². The molecule has 25 heavy (non-hydrogen) atoms. The SMILES string of the molecule is CCN(Cc1ccc(OC)cc1)C(=O)CCc1ccc(C(=O)O)cc1. The van der Waals surface area contributed by atoms with Crippen molar-refractivity contribution in [3.8, 4) is 5.75 Å². The zero-order valence-electron chi connectivity index (χ0n) is 14.6. The minimum absolute atomic E-state index is 0.0839. The van der Waals surface area contributed by atoms with Crippen LogP contribution in [0.5, 0.6) is 5.75 Å². The van der Waals surface area contributed by atoms with Crippen molar-refractivity contribution in [1.82, 2.24) is 4.90 Å². The Morgan fingerprint density at radius 1 is 1.00 bits per heavy atom. The van der Waals surface area contributed by atoms with E-state index >= 15 is 0 Å². The highest BCUT2D eigenvalue weighted by molar-refractivity contribution is 5.87. The average Bonchev–Trinajstić information content (AvgIpc) is 2.65. The van der Waals surface area contributed by atoms with E-state index in [1.54, 1.807) is 31.4 Å². The maximum atomic E-state index is 12.5. The van der Waals surface area contributed by atoms with Gasteiger partial charge in [0.2, 0.25) is 5.91 Å². The summed E-state index contributed by atoms with van der Waals surface area (Å²) in [7, 11) is 1.62. The molecule has 5 nitrogen and oxygen atoms in total. The van der Waals surface area contributed by atoms with Crippen LogP contribution in [0.3, 0.4) is 0 Å². The number of hydrogen-bond donors (Lipinski definition) is 1. The monoisotopic (exact) mass is 341 g/mol. The second-order valence-corrected chi connectivity index (χ2v) is 5.76. The molecule has 0 aliphatic heterocycles. The second-order valence-electron chi connectivity index (χ2n) is 5.76. The van der Waals surface area contributed by atoms with Gasteiger partial charge in [-0.2, -0.15) is 0 Å². The van der Waals surface area contributed by atoms with Gasteiger partial charge in [0.1, 0.15) is 5.75 Å². The molecular weight excluding hydrogens is 318 g/mol. The number of aromatic carboxylic acids is 1. The first-order valence-electron chi connectivity index (χ1n) is 8.26. The van der Waals surface area contributed by atoms with Gasteiger partial charge in [-0.3, -0.25) is 4.79 Å². The van der Waals surface area contributed by atoms with E-state index in [-0.39, 0.29) is 11.5 Å². The molecule has 0 aromatic heterocycles. The molecule has 0 heterocycles. The number of carbonyl (C=O) groups excluding carboxylic acids is 1. The lowest BCUT2D eigenvalue weighted by molar-refractivity contribution is -0.131. The van der Waals surface area contributed by atoms with Gasteiger partial charge in [0.25, 0.3) is 0 Å². The molecule has 0 atom stereocenters. The fourth-order valence-corrected chi connectivity index (χ4v) is 2.55. The Labute approximate surface area is 147 Å². The van der Waals surface area contributed by atoms with Gasteiger partial charge in [-0.25, -0.2) is 4.79 Å². The lowest BCUT2D eigenvalue weighted by Crippen LogP contribution is -2.30. The quantitative estimate of drug-likeness (QED) is 0.799. The van der Waals surface area contributed by atoms with Crippen molar-refractivity contribution in [3.63, 3.8) is 0 Å². The minimum Gasteiger partial charge on any atom is -0.497 e. The summed E-state index contributed by atoms with van der Waals surface area (Å²) in [5.74, 6) is -0.0668. The van der Waals surface area contributed by atoms with Crippen molar-refractivity contribution in [2.75, 3.05) is 13.7 Å². The van der Waals surface area contributed by atoms with E-state index in [0.29, 0.717) is 25.9 Å². The Kier molecular flexibility index (Phi) is 6.57. The van der Waals surface area contributed by atoms with Crippen LogP contribution in [0.2, 0.25) is 0 Å². The van der Waals surface area contributed by atoms with Gasteiger partial charge in [-0.1, -0.05) is 24.3 Å². The molecule has 0 aliphatic rings. The van der Waals surface area contributed by atoms with Crippen molar-refractivity contribution in [2.45, 2.75) is 26.3 Å². The van der Waals surface area contributed by atoms with Crippen LogP contribution >= 0.6 is 0 Å². The van der Waals surface area contributed by atoms with E-state index in [1.165, 1.54) is 0 Å². The summed E-state index contributed by atoms with van der Waals surface area (Å²) >= 11 is 0. The maximum absolute atomic E-state index is 12.5. The van der Waals surface area contributed by atoms with Crippen molar-refractivity contribution >= 4 is 11.9 Å². The summed E-state index contributed by atoms with van der Waals surface area (Å²) in [6.45, 7) is 3.17. The molecular formula is C20H23NO4. The number of carboxylic acid groups (broad SMARTS) is 1. The summed E-state index contributed by atoms with van der Waals surface area (Å²) in [5, 5.41) is 8.90. The van der Waals surface area contributed by atoms with E-state index in [1.807, 2.05) is 36.1 Å². The van der Waals surface area contributed by atoms with Crippen molar-refractivity contribution in [2.24, 2.45) is 0 Å². The van der Waals surface area contributed by atoms with Gasteiger partial charge in [0, 0.05) is 19.5 Å². The Morgan fingerprint density at radius 3 is 2.12 bits per heavy atom. The first-order chi connectivity index (χ1) is 12.0. The summed E-state index contributed by atoms with van der Waals surface area (Å²) in [4.78, 5) is 25.1. The van der Waals surface area contributed by atoms with Gasteiger partial charge in [0.05, 0.1) is 12.7 Å². The zero-order valence-corrected chi connectivity index (χ0v) is 14.6. The standard InChI is InChI=1S/C20H23NO4/c1-3-21(14-16-6-11-18(25-2)12-7-16)19(22)13-8-15-4-9-17(10-5-15)20(23)24/h4-7,9-12H,3,8,13-14H2,1-2H3,(H,23,24). The van der Waals surface area contributed by atoms with Crippen LogP contribution in [-0.4, -0.2) is 35.5 Å². The highest BCUT2D eigenvalue weighted by Crippen LogP contribution is 2.14. The number of aryl methyl sites for hydroxylation is 1. The summed E-state index contributed by atoms with van der Waals surface area (Å²) in [5.41, 5.74) is 2.27. The molecule has 2 aromatic rings. The number of methoxy groups -OCH3 is 1. The first kappa shape index (κ1) is 18.5. The van der Waals surface area contributed by atoms with Gasteiger partial charge in [-0.15, -0.1) is 0 Å². The van der Waals surface area contributed by atoms with Crippen LogP contribution in [0, 0.1) is 0 Å². The van der Waals surface area contributed by atoms with Crippen molar-refractivity contribution in [1.29, 1.82) is 0 Å². The molecule has 132 valence electrons. The molecule has 0 saturated heterocycles. The van der Waals surface area contributed by atoms with Crippen molar-refractivity contribution < 1.29 is 19.4 Å². The zero-order chi connectivity index (χ0) is 18.2. The highest BCUT2D eigenvalue weighted by Gasteiger charge is 2.12. The predicted molar refractivity (Wildman–Crippen MR) is 95.8 cm³/mol. The van der Waals surface area contributed by atoms with Gasteiger partial charge in [-0.05, 0) is 48.7 Å². The summed E-state index contributed by atoms with van der Waals surface area (Å²) in [6, 6.07) is 14.3. The van der Waals surface area contributed by atoms with Crippen LogP contribution in [0.4, 0.5) is 0 Å². The topological polar surface area (TPSA) is 66.8 Å². The average molecular weight is 341 g/mol. The first-order valence-corrected chi connectivity index (χ1v) is 8.26. The van der Waals surface area contributed by atoms with Crippen LogP contribution < -0.4 is 4.74 Å². The Morgan fingerprint density at radius 2 is 1.60 bits per heavy atom. The highest BCUT2D eigenvalue weighted by atomic mass is 16.5. The Bertz CT molecular complexity index is 707. The molecule has 1 N–H and O–H groups in total. The lowest BCUT2D eigenvalue weighted by atomic mass is 10.1. The number of benzene rings is 2. The third-order valence-corrected chi connectivity index (χ3v) is 4.10. The van der Waals surface area contributed by atoms with Crippen LogP contribution in [0.25, 0.3) is 0 Å². The van der Waals surface area contributed by atoms with Crippen LogP contribution in [-0.2, 0) is 17.8 Å². The van der Waals surface area contributed by atoms with E-state index in [2.05, 4.69) is 0 Å². The van der Waals surface area contributed by atoms with E-state index in [9.17, 15) is 9.59 Å². The number of rotatable bonds is 8. The third-order valence-electron chi connectivity index (χ3n) is 4.10. The van der Waals surface area contributed by atoms with Crippen LogP contribution in [0.15, 0.2) is 48.5 Å². The number of nitrogens with zero attached hydrogens (tertiary/aromatic N) is 1. The summed E-state index contributed by atoms with van der Waals surface area (Å²) in [6.07, 6.45) is 0.994. The predicted octanol–water partition coefficient (Wildman–Crippen LogP) is 3.37. The molecule has 0 radical (unpaired) electrons. The Hall–Kier alpha value is -2.82. The maximum Gasteiger partial charge on any atom is 0.335 e. The van der Waals surface area contributed by atoms with E-state index < -0.39 is 5.97 Å². The summed E-state index contributed by atoms with van der Waals surface area (Å²) < 4.78 is 5.14. The Balaban J connectivity index is 1.91. The smallest absolute Gasteiger partial charge is 0.335 e. The molecule has 0 aliphatic carbocycles. The van der Waals surface area contributed by atoms with Crippen LogP contribution in [0.1, 0.15) is 34.8 Å².